The molecule has 0 spiro atoms. The van der Waals surface area contributed by atoms with Crippen molar-refractivity contribution in [3.05, 3.63) is 96.1 Å². The van der Waals surface area contributed by atoms with Gasteiger partial charge in [0, 0.05) is 24.2 Å². The molecule has 0 radical (unpaired) electrons. The summed E-state index contributed by atoms with van der Waals surface area (Å²) in [6.45, 7) is 3.85. The lowest BCUT2D eigenvalue weighted by molar-refractivity contribution is -0.124. The molecule has 0 bridgehead atoms. The molecule has 5 heteroatoms. The van der Waals surface area contributed by atoms with Crippen LogP contribution in [0.2, 0.25) is 0 Å². The van der Waals surface area contributed by atoms with Gasteiger partial charge in [-0.2, -0.15) is 5.10 Å². The van der Waals surface area contributed by atoms with Crippen molar-refractivity contribution in [2.75, 3.05) is 4.90 Å². The van der Waals surface area contributed by atoms with Crippen LogP contribution in [0.1, 0.15) is 30.9 Å². The molecule has 0 aliphatic carbocycles. The van der Waals surface area contributed by atoms with Crippen LogP contribution in [0.5, 0.6) is 0 Å². The van der Waals surface area contributed by atoms with E-state index in [0.717, 1.165) is 22.5 Å². The minimum Gasteiger partial charge on any atom is -0.281 e. The Balaban J connectivity index is 1.63. The van der Waals surface area contributed by atoms with Crippen molar-refractivity contribution in [3.63, 3.8) is 0 Å². The average Bonchev–Trinajstić information content (AvgIpc) is 2.78. The highest BCUT2D eigenvalue weighted by Crippen LogP contribution is 2.26. The Morgan fingerprint density at radius 1 is 0.800 bits per heavy atom. The predicted octanol–water partition coefficient (Wildman–Crippen LogP) is 4.98. The van der Waals surface area contributed by atoms with Crippen LogP contribution >= 0.6 is 0 Å². The first-order valence-corrected chi connectivity index (χ1v) is 9.88. The van der Waals surface area contributed by atoms with E-state index in [1.54, 1.807) is 4.90 Å². The number of hydrazone groups is 1. The number of aryl methyl sites for hydroxylation is 1. The van der Waals surface area contributed by atoms with E-state index in [4.69, 9.17) is 0 Å². The van der Waals surface area contributed by atoms with Crippen molar-refractivity contribution in [1.29, 1.82) is 0 Å². The molecule has 0 atom stereocenters. The molecule has 3 aromatic rings. The lowest BCUT2D eigenvalue weighted by Gasteiger charge is -2.23. The van der Waals surface area contributed by atoms with Crippen molar-refractivity contribution in [1.82, 2.24) is 5.43 Å². The molecule has 152 valence electrons. The minimum absolute atomic E-state index is 0.0552. The summed E-state index contributed by atoms with van der Waals surface area (Å²) in [5, 5.41) is 4.16. The van der Waals surface area contributed by atoms with Crippen LogP contribution in [0.3, 0.4) is 0 Å². The fourth-order valence-corrected chi connectivity index (χ4v) is 2.98. The fraction of sp³-hybridized carbons (Fsp3) is 0.160. The number of rotatable bonds is 7. The van der Waals surface area contributed by atoms with Crippen molar-refractivity contribution >= 4 is 28.9 Å². The molecule has 0 fully saturated rings. The number of para-hydroxylation sites is 2. The number of nitrogens with zero attached hydrogens (tertiary/aromatic N) is 2. The van der Waals surface area contributed by atoms with E-state index in [2.05, 4.69) is 10.5 Å². The van der Waals surface area contributed by atoms with E-state index in [0.29, 0.717) is 5.71 Å². The predicted molar refractivity (Wildman–Crippen MR) is 121 cm³/mol. The number of hydrogen-bond donors (Lipinski definition) is 1. The fourth-order valence-electron chi connectivity index (χ4n) is 2.98. The smallest absolute Gasteiger partial charge is 0.240 e. The zero-order valence-corrected chi connectivity index (χ0v) is 17.2. The highest BCUT2D eigenvalue weighted by Gasteiger charge is 2.18. The molecule has 0 aromatic heterocycles. The van der Waals surface area contributed by atoms with Gasteiger partial charge in [0.15, 0.2) is 0 Å². The topological polar surface area (TPSA) is 61.8 Å². The summed E-state index contributed by atoms with van der Waals surface area (Å²) in [5.41, 5.74) is 6.90. The summed E-state index contributed by atoms with van der Waals surface area (Å²) in [6.07, 6.45) is 0.133. The number of nitrogens with one attached hydrogen (secondary N) is 1. The van der Waals surface area contributed by atoms with Crippen LogP contribution in [0.15, 0.2) is 90.0 Å². The third-order valence-corrected chi connectivity index (χ3v) is 4.66. The maximum atomic E-state index is 13.0. The standard InChI is InChI=1S/C25H25N3O2/c1-19-13-15-21(16-14-19)20(2)26-27-24(29)17-18-25(30)28(22-9-5-3-6-10-22)23-11-7-4-8-12-23/h3-16H,17-18H2,1-2H3,(H,27,29)/b26-20+. The average molecular weight is 399 g/mol. The molecule has 0 unspecified atom stereocenters. The second kappa shape index (κ2) is 10.2. The highest BCUT2D eigenvalue weighted by molar-refractivity contribution is 6.02. The van der Waals surface area contributed by atoms with Crippen molar-refractivity contribution in [3.8, 4) is 0 Å². The van der Waals surface area contributed by atoms with Gasteiger partial charge in [0.25, 0.3) is 0 Å². The van der Waals surface area contributed by atoms with Crippen molar-refractivity contribution in [2.24, 2.45) is 5.10 Å². The van der Waals surface area contributed by atoms with Gasteiger partial charge in [-0.05, 0) is 43.7 Å². The van der Waals surface area contributed by atoms with Crippen LogP contribution in [-0.4, -0.2) is 17.5 Å². The van der Waals surface area contributed by atoms with E-state index < -0.39 is 0 Å². The molecular formula is C25H25N3O2. The lowest BCUT2D eigenvalue weighted by atomic mass is 10.1. The third-order valence-electron chi connectivity index (χ3n) is 4.66. The first-order valence-electron chi connectivity index (χ1n) is 9.88. The first kappa shape index (κ1) is 21.0. The maximum Gasteiger partial charge on any atom is 0.240 e. The van der Waals surface area contributed by atoms with E-state index in [1.807, 2.05) is 98.8 Å². The van der Waals surface area contributed by atoms with Gasteiger partial charge in [-0.1, -0.05) is 66.2 Å². The first-order chi connectivity index (χ1) is 14.5. The summed E-state index contributed by atoms with van der Waals surface area (Å²) in [4.78, 5) is 26.8. The number of anilines is 2. The second-order valence-corrected chi connectivity index (χ2v) is 7.00. The Morgan fingerprint density at radius 3 is 1.87 bits per heavy atom. The van der Waals surface area contributed by atoms with Crippen LogP contribution < -0.4 is 10.3 Å². The Hall–Kier alpha value is -3.73. The lowest BCUT2D eigenvalue weighted by Crippen LogP contribution is -2.28. The SMILES string of the molecule is C/C(=N\NC(=O)CCC(=O)N(c1ccccc1)c1ccccc1)c1ccc(C)cc1. The molecule has 3 aromatic carbocycles. The molecule has 30 heavy (non-hydrogen) atoms. The van der Waals surface area contributed by atoms with Crippen molar-refractivity contribution < 1.29 is 9.59 Å². The van der Waals surface area contributed by atoms with Crippen LogP contribution in [0.4, 0.5) is 11.4 Å². The largest absolute Gasteiger partial charge is 0.281 e. The third kappa shape index (κ3) is 5.64. The molecule has 5 nitrogen and oxygen atoms in total. The molecule has 0 aliphatic rings. The van der Waals surface area contributed by atoms with E-state index >= 15 is 0 Å². The normalized spacial score (nSPS) is 11.1. The quantitative estimate of drug-likeness (QED) is 0.450. The second-order valence-electron chi connectivity index (χ2n) is 7.00. The molecule has 0 saturated heterocycles. The van der Waals surface area contributed by atoms with E-state index in [9.17, 15) is 9.59 Å². The highest BCUT2D eigenvalue weighted by atomic mass is 16.2. The van der Waals surface area contributed by atoms with Gasteiger partial charge in [0.05, 0.1) is 5.71 Å². The van der Waals surface area contributed by atoms with Gasteiger partial charge in [0.1, 0.15) is 0 Å². The minimum atomic E-state index is -0.295. The summed E-state index contributed by atoms with van der Waals surface area (Å²) in [5.74, 6) is -0.447. The van der Waals surface area contributed by atoms with Gasteiger partial charge in [0.2, 0.25) is 11.8 Å². The van der Waals surface area contributed by atoms with Crippen LogP contribution in [0, 0.1) is 6.92 Å². The Morgan fingerprint density at radius 2 is 1.33 bits per heavy atom. The van der Waals surface area contributed by atoms with E-state index in [1.165, 1.54) is 0 Å². The Bertz CT molecular complexity index is 974. The Labute approximate surface area is 177 Å². The number of amides is 2. The Kier molecular flexibility index (Phi) is 7.11. The molecule has 0 saturated carbocycles. The molecule has 3 rings (SSSR count). The van der Waals surface area contributed by atoms with Gasteiger partial charge in [-0.3, -0.25) is 14.5 Å². The molecular weight excluding hydrogens is 374 g/mol. The molecule has 1 N–H and O–H groups in total. The van der Waals surface area contributed by atoms with Crippen molar-refractivity contribution in [2.45, 2.75) is 26.7 Å². The van der Waals surface area contributed by atoms with Gasteiger partial charge < -0.3 is 0 Å². The number of hydrogen-bond acceptors (Lipinski definition) is 3. The molecule has 0 aliphatic heterocycles. The van der Waals surface area contributed by atoms with Gasteiger partial charge >= 0.3 is 0 Å². The zero-order chi connectivity index (χ0) is 21.3. The zero-order valence-electron chi connectivity index (χ0n) is 17.2. The van der Waals surface area contributed by atoms with E-state index in [-0.39, 0.29) is 24.7 Å². The number of carbonyl (C=O) groups is 2. The van der Waals surface area contributed by atoms with Gasteiger partial charge in [-0.15, -0.1) is 0 Å². The van der Waals surface area contributed by atoms with Crippen LogP contribution in [0.25, 0.3) is 0 Å². The monoisotopic (exact) mass is 399 g/mol. The number of carbonyl (C=O) groups excluding carboxylic acids is 2. The molecule has 0 heterocycles. The van der Waals surface area contributed by atoms with Crippen LogP contribution in [-0.2, 0) is 9.59 Å². The summed E-state index contributed by atoms with van der Waals surface area (Å²) >= 11 is 0. The molecule has 2 amide bonds. The number of benzene rings is 3. The summed E-state index contributed by atoms with van der Waals surface area (Å²) in [7, 11) is 0. The summed E-state index contributed by atoms with van der Waals surface area (Å²) in [6, 6.07) is 26.7. The maximum absolute atomic E-state index is 13.0. The van der Waals surface area contributed by atoms with Gasteiger partial charge in [-0.25, -0.2) is 5.43 Å². The summed E-state index contributed by atoms with van der Waals surface area (Å²) < 4.78 is 0.